The van der Waals surface area contributed by atoms with Crippen LogP contribution >= 0.6 is 0 Å². The van der Waals surface area contributed by atoms with Gasteiger partial charge in [-0.25, -0.2) is 0 Å². The van der Waals surface area contributed by atoms with Crippen molar-refractivity contribution in [3.63, 3.8) is 0 Å². The van der Waals surface area contributed by atoms with Gasteiger partial charge >= 0.3 is 0 Å². The Morgan fingerprint density at radius 3 is 2.61 bits per heavy atom. The van der Waals surface area contributed by atoms with Crippen molar-refractivity contribution < 1.29 is 9.84 Å². The molecule has 3 rings (SSSR count). The molecule has 1 N–H and O–H groups in total. The van der Waals surface area contributed by atoms with Crippen molar-refractivity contribution in [3.05, 3.63) is 0 Å². The highest BCUT2D eigenvalue weighted by atomic mass is 16.5. The van der Waals surface area contributed by atoms with Crippen molar-refractivity contribution >= 4 is 0 Å². The van der Waals surface area contributed by atoms with E-state index in [1.807, 2.05) is 0 Å². The zero-order chi connectivity index (χ0) is 12.4. The minimum Gasteiger partial charge on any atom is -0.392 e. The van der Waals surface area contributed by atoms with Gasteiger partial charge < -0.3 is 9.84 Å². The molecule has 0 bridgehead atoms. The molecule has 18 heavy (non-hydrogen) atoms. The zero-order valence-electron chi connectivity index (χ0n) is 11.4. The van der Waals surface area contributed by atoms with E-state index in [1.54, 1.807) is 0 Å². The molecule has 3 atom stereocenters. The number of nitrogens with zero attached hydrogens (tertiary/aromatic N) is 1. The molecule has 3 nitrogen and oxygen atoms in total. The number of ether oxygens (including phenoxy) is 1. The largest absolute Gasteiger partial charge is 0.392 e. The summed E-state index contributed by atoms with van der Waals surface area (Å²) in [4.78, 5) is 2.52. The van der Waals surface area contributed by atoms with Gasteiger partial charge in [0.25, 0.3) is 0 Å². The fraction of sp³-hybridized carbons (Fsp3) is 1.00. The molecule has 0 aromatic carbocycles. The molecule has 2 aliphatic carbocycles. The van der Waals surface area contributed by atoms with Crippen LogP contribution in [0.2, 0.25) is 0 Å². The van der Waals surface area contributed by atoms with Crippen molar-refractivity contribution in [2.75, 3.05) is 19.7 Å². The van der Waals surface area contributed by atoms with E-state index in [2.05, 4.69) is 4.90 Å². The van der Waals surface area contributed by atoms with E-state index in [0.717, 1.165) is 19.7 Å². The number of hydrogen-bond donors (Lipinski definition) is 1. The Kier molecular flexibility index (Phi) is 4.22. The first-order valence-corrected chi connectivity index (χ1v) is 7.88. The van der Waals surface area contributed by atoms with Crippen molar-refractivity contribution in [2.24, 2.45) is 5.92 Å². The quantitative estimate of drug-likeness (QED) is 0.837. The van der Waals surface area contributed by atoms with Crippen LogP contribution in [-0.4, -0.2) is 48.0 Å². The Morgan fingerprint density at radius 2 is 1.78 bits per heavy atom. The minimum absolute atomic E-state index is 0.104. The van der Waals surface area contributed by atoms with Crippen LogP contribution in [0.25, 0.3) is 0 Å². The molecule has 1 saturated heterocycles. The van der Waals surface area contributed by atoms with Crippen LogP contribution in [-0.2, 0) is 4.74 Å². The van der Waals surface area contributed by atoms with Gasteiger partial charge in [-0.1, -0.05) is 25.7 Å². The first kappa shape index (κ1) is 12.9. The lowest BCUT2D eigenvalue weighted by atomic mass is 9.89. The van der Waals surface area contributed by atoms with Gasteiger partial charge in [-0.15, -0.1) is 0 Å². The summed E-state index contributed by atoms with van der Waals surface area (Å²) in [5.41, 5.74) is 0. The lowest BCUT2D eigenvalue weighted by Gasteiger charge is -2.44. The van der Waals surface area contributed by atoms with Gasteiger partial charge in [-0.3, -0.25) is 4.90 Å². The van der Waals surface area contributed by atoms with Crippen LogP contribution in [0.1, 0.15) is 51.4 Å². The van der Waals surface area contributed by atoms with Crippen LogP contribution in [0, 0.1) is 5.92 Å². The number of morpholine rings is 1. The molecule has 0 aromatic heterocycles. The van der Waals surface area contributed by atoms with Crippen molar-refractivity contribution in [1.29, 1.82) is 0 Å². The SMILES string of the molecule is OC(CN1CCOC2CCCCC21)C1CCCC1. The summed E-state index contributed by atoms with van der Waals surface area (Å²) in [5, 5.41) is 10.4. The molecular formula is C15H27NO2. The van der Waals surface area contributed by atoms with E-state index in [-0.39, 0.29) is 6.10 Å². The fourth-order valence-corrected chi connectivity index (χ4v) is 4.13. The highest BCUT2D eigenvalue weighted by Crippen LogP contribution is 2.31. The third kappa shape index (κ3) is 2.73. The monoisotopic (exact) mass is 253 g/mol. The standard InChI is InChI=1S/C15H27NO2/c17-14(12-5-1-2-6-12)11-16-9-10-18-15-8-4-3-7-13(15)16/h12-15,17H,1-11H2. The maximum atomic E-state index is 10.4. The second kappa shape index (κ2) is 5.89. The van der Waals surface area contributed by atoms with Gasteiger partial charge in [0, 0.05) is 19.1 Å². The molecule has 1 aliphatic heterocycles. The lowest BCUT2D eigenvalue weighted by Crippen LogP contribution is -2.55. The first-order valence-electron chi connectivity index (χ1n) is 7.88. The summed E-state index contributed by atoms with van der Waals surface area (Å²) < 4.78 is 5.90. The number of rotatable bonds is 3. The average Bonchev–Trinajstić information content (AvgIpc) is 2.93. The van der Waals surface area contributed by atoms with E-state index < -0.39 is 0 Å². The Hall–Kier alpha value is -0.120. The topological polar surface area (TPSA) is 32.7 Å². The van der Waals surface area contributed by atoms with Gasteiger partial charge in [0.2, 0.25) is 0 Å². The van der Waals surface area contributed by atoms with Crippen molar-refractivity contribution in [3.8, 4) is 0 Å². The predicted octanol–water partition coefficient (Wildman–Crippen LogP) is 2.18. The number of fused-ring (bicyclic) bond motifs is 1. The average molecular weight is 253 g/mol. The number of β-amino-alcohol motifs (C(OH)–C–C–N with tert-alkyl or cyclic N) is 1. The summed E-state index contributed by atoms with van der Waals surface area (Å²) in [6.45, 7) is 2.76. The molecule has 0 radical (unpaired) electrons. The van der Waals surface area contributed by atoms with E-state index in [4.69, 9.17) is 4.74 Å². The number of aliphatic hydroxyl groups excluding tert-OH is 1. The predicted molar refractivity (Wildman–Crippen MR) is 71.5 cm³/mol. The molecule has 0 amide bonds. The van der Waals surface area contributed by atoms with Crippen LogP contribution in [0.5, 0.6) is 0 Å². The van der Waals surface area contributed by atoms with Crippen molar-refractivity contribution in [2.45, 2.75) is 69.6 Å². The van der Waals surface area contributed by atoms with Crippen LogP contribution < -0.4 is 0 Å². The van der Waals surface area contributed by atoms with Crippen LogP contribution in [0.15, 0.2) is 0 Å². The Bertz CT molecular complexity index is 263. The maximum absolute atomic E-state index is 10.4. The number of hydrogen-bond acceptors (Lipinski definition) is 3. The first-order chi connectivity index (χ1) is 8.84. The maximum Gasteiger partial charge on any atom is 0.0730 e. The summed E-state index contributed by atoms with van der Waals surface area (Å²) in [7, 11) is 0. The van der Waals surface area contributed by atoms with E-state index >= 15 is 0 Å². The summed E-state index contributed by atoms with van der Waals surface area (Å²) in [6, 6.07) is 0.587. The van der Waals surface area contributed by atoms with Gasteiger partial charge in [-0.05, 0) is 31.6 Å². The molecule has 0 aromatic rings. The molecule has 104 valence electrons. The lowest BCUT2D eigenvalue weighted by molar-refractivity contribution is -0.101. The second-order valence-corrected chi connectivity index (χ2v) is 6.37. The molecule has 0 spiro atoms. The van der Waals surface area contributed by atoms with Crippen molar-refractivity contribution in [1.82, 2.24) is 4.90 Å². The third-order valence-electron chi connectivity index (χ3n) is 5.21. The van der Waals surface area contributed by atoms with Gasteiger partial charge in [0.1, 0.15) is 0 Å². The molecule has 1 heterocycles. The molecule has 3 unspecified atom stereocenters. The van der Waals surface area contributed by atoms with E-state index in [1.165, 1.54) is 51.4 Å². The molecule has 3 heteroatoms. The van der Waals surface area contributed by atoms with Crippen LogP contribution in [0.3, 0.4) is 0 Å². The second-order valence-electron chi connectivity index (χ2n) is 6.37. The minimum atomic E-state index is -0.104. The van der Waals surface area contributed by atoms with Crippen LogP contribution in [0.4, 0.5) is 0 Å². The molecular weight excluding hydrogens is 226 g/mol. The smallest absolute Gasteiger partial charge is 0.0730 e. The molecule has 3 aliphatic rings. The fourth-order valence-electron chi connectivity index (χ4n) is 4.13. The zero-order valence-corrected chi connectivity index (χ0v) is 11.4. The third-order valence-corrected chi connectivity index (χ3v) is 5.21. The summed E-state index contributed by atoms with van der Waals surface area (Å²) in [6.07, 6.45) is 10.6. The Morgan fingerprint density at radius 1 is 1.06 bits per heavy atom. The molecule has 3 fully saturated rings. The van der Waals surface area contributed by atoms with E-state index in [0.29, 0.717) is 18.1 Å². The molecule has 2 saturated carbocycles. The summed E-state index contributed by atoms with van der Waals surface area (Å²) in [5.74, 6) is 0.565. The number of aliphatic hydroxyl groups is 1. The van der Waals surface area contributed by atoms with Gasteiger partial charge in [0.05, 0.1) is 18.8 Å². The highest BCUT2D eigenvalue weighted by Gasteiger charge is 2.36. The van der Waals surface area contributed by atoms with E-state index in [9.17, 15) is 5.11 Å². The Labute approximate surface area is 110 Å². The Balaban J connectivity index is 1.56. The van der Waals surface area contributed by atoms with Gasteiger partial charge in [-0.2, -0.15) is 0 Å². The summed E-state index contributed by atoms with van der Waals surface area (Å²) >= 11 is 0. The normalized spacial score (nSPS) is 36.5. The highest BCUT2D eigenvalue weighted by molar-refractivity contribution is 4.89. The van der Waals surface area contributed by atoms with Gasteiger partial charge in [0.15, 0.2) is 0 Å².